The molecule has 1 fully saturated rings. The lowest BCUT2D eigenvalue weighted by Crippen LogP contribution is -2.32. The maximum Gasteiger partial charge on any atom is 0.0899 e. The minimum absolute atomic E-state index is 0.593. The van der Waals surface area contributed by atoms with E-state index in [1.807, 2.05) is 6.07 Å². The Kier molecular flexibility index (Phi) is 6.50. The summed E-state index contributed by atoms with van der Waals surface area (Å²) < 4.78 is 0. The molecule has 1 aliphatic carbocycles. The summed E-state index contributed by atoms with van der Waals surface area (Å²) in [6.45, 7) is 2.25. The van der Waals surface area contributed by atoms with Crippen LogP contribution in [0.25, 0.3) is 5.57 Å². The molecule has 1 aromatic carbocycles. The molecule has 1 aromatic rings. The molecule has 0 heterocycles. The van der Waals surface area contributed by atoms with Crippen LogP contribution in [0.1, 0.15) is 76.7 Å². The Morgan fingerprint density at radius 2 is 1.76 bits per heavy atom. The first-order chi connectivity index (χ1) is 10.3. The third kappa shape index (κ3) is 4.71. The summed E-state index contributed by atoms with van der Waals surface area (Å²) in [5.41, 5.74) is 1.79. The van der Waals surface area contributed by atoms with Gasteiger partial charge in [-0.1, -0.05) is 81.9 Å². The van der Waals surface area contributed by atoms with Crippen molar-refractivity contribution in [3.05, 3.63) is 42.0 Å². The van der Waals surface area contributed by atoms with Gasteiger partial charge in [-0.15, -0.1) is 0 Å². The van der Waals surface area contributed by atoms with Crippen molar-refractivity contribution in [2.45, 2.75) is 76.7 Å². The molecule has 0 saturated heterocycles. The number of unbranched alkanes of at least 4 members (excludes halogenated alkanes) is 4. The molecule has 0 spiro atoms. The van der Waals surface area contributed by atoms with Crippen LogP contribution in [0.4, 0.5) is 0 Å². The number of benzene rings is 1. The van der Waals surface area contributed by atoms with E-state index in [9.17, 15) is 5.11 Å². The average molecular weight is 286 g/mol. The Hall–Kier alpha value is -1.08. The van der Waals surface area contributed by atoms with Gasteiger partial charge in [0.2, 0.25) is 0 Å². The molecule has 1 nitrogen and oxygen atoms in total. The Morgan fingerprint density at radius 1 is 1.05 bits per heavy atom. The van der Waals surface area contributed by atoms with E-state index in [0.29, 0.717) is 0 Å². The molecule has 1 N–H and O–H groups in total. The normalized spacial score (nSPS) is 18.7. The van der Waals surface area contributed by atoms with Gasteiger partial charge < -0.3 is 5.11 Å². The van der Waals surface area contributed by atoms with Crippen LogP contribution in [0, 0.1) is 0 Å². The summed E-state index contributed by atoms with van der Waals surface area (Å²) >= 11 is 0. The van der Waals surface area contributed by atoms with Crippen molar-refractivity contribution in [1.29, 1.82) is 0 Å². The van der Waals surface area contributed by atoms with Crippen molar-refractivity contribution >= 4 is 5.57 Å². The zero-order chi connectivity index (χ0) is 15.0. The van der Waals surface area contributed by atoms with Crippen LogP contribution in [0.15, 0.2) is 36.4 Å². The molecule has 0 amide bonds. The summed E-state index contributed by atoms with van der Waals surface area (Å²) in [6, 6.07) is 10.5. The largest absolute Gasteiger partial charge is 0.385 e. The second-order valence-electron chi connectivity index (χ2n) is 6.43. The number of rotatable bonds is 7. The van der Waals surface area contributed by atoms with Gasteiger partial charge >= 0.3 is 0 Å². The molecule has 0 aliphatic heterocycles. The van der Waals surface area contributed by atoms with E-state index < -0.39 is 5.60 Å². The van der Waals surface area contributed by atoms with Crippen LogP contribution in [0.5, 0.6) is 0 Å². The fraction of sp³-hybridized carbons (Fsp3) is 0.600. The van der Waals surface area contributed by atoms with E-state index in [4.69, 9.17) is 0 Å². The van der Waals surface area contributed by atoms with E-state index in [1.54, 1.807) is 0 Å². The highest BCUT2D eigenvalue weighted by molar-refractivity contribution is 5.72. The molecule has 1 aliphatic rings. The Balaban J connectivity index is 2.12. The number of hydrogen-bond donors (Lipinski definition) is 1. The fourth-order valence-electron chi connectivity index (χ4n) is 3.42. The summed E-state index contributed by atoms with van der Waals surface area (Å²) in [4.78, 5) is 0. The van der Waals surface area contributed by atoms with Crippen LogP contribution in [0.2, 0.25) is 0 Å². The molecule has 116 valence electrons. The summed E-state index contributed by atoms with van der Waals surface area (Å²) in [7, 11) is 0. The highest BCUT2D eigenvalue weighted by Crippen LogP contribution is 2.39. The smallest absolute Gasteiger partial charge is 0.0899 e. The number of hydrogen-bond acceptors (Lipinski definition) is 1. The second-order valence-corrected chi connectivity index (χ2v) is 6.43. The monoisotopic (exact) mass is 286 g/mol. The predicted molar refractivity (Wildman–Crippen MR) is 91.2 cm³/mol. The second kappa shape index (κ2) is 8.38. The van der Waals surface area contributed by atoms with Gasteiger partial charge in [0, 0.05) is 0 Å². The lowest BCUT2D eigenvalue weighted by atomic mass is 9.76. The Labute approximate surface area is 130 Å². The van der Waals surface area contributed by atoms with Gasteiger partial charge in [-0.2, -0.15) is 0 Å². The molecule has 0 unspecified atom stereocenters. The van der Waals surface area contributed by atoms with Crippen molar-refractivity contribution in [2.75, 3.05) is 0 Å². The van der Waals surface area contributed by atoms with E-state index in [-0.39, 0.29) is 0 Å². The predicted octanol–water partition coefficient (Wildman–Crippen LogP) is 5.74. The van der Waals surface area contributed by atoms with Crippen LogP contribution in [-0.2, 0) is 0 Å². The van der Waals surface area contributed by atoms with Gasteiger partial charge in [0.15, 0.2) is 0 Å². The maximum atomic E-state index is 11.1. The Morgan fingerprint density at radius 3 is 2.43 bits per heavy atom. The Bertz CT molecular complexity index is 426. The van der Waals surface area contributed by atoms with Crippen LogP contribution < -0.4 is 0 Å². The fourth-order valence-corrected chi connectivity index (χ4v) is 3.42. The molecule has 0 atom stereocenters. The van der Waals surface area contributed by atoms with Crippen molar-refractivity contribution in [1.82, 2.24) is 0 Å². The molecule has 1 heteroatoms. The third-order valence-electron chi connectivity index (χ3n) is 4.67. The van der Waals surface area contributed by atoms with Gasteiger partial charge in [-0.3, -0.25) is 0 Å². The summed E-state index contributed by atoms with van der Waals surface area (Å²) in [5, 5.41) is 11.1. The molecule has 0 aromatic heterocycles. The number of allylic oxidation sites excluding steroid dienone is 1. The van der Waals surface area contributed by atoms with Gasteiger partial charge in [-0.05, 0) is 36.8 Å². The molecular weight excluding hydrogens is 256 g/mol. The SMILES string of the molecule is CCCCCC/C=C(\c1ccccc1)C1(O)CCCCC1. The van der Waals surface area contributed by atoms with Gasteiger partial charge in [0.25, 0.3) is 0 Å². The zero-order valence-electron chi connectivity index (χ0n) is 13.5. The van der Waals surface area contributed by atoms with Crippen molar-refractivity contribution < 1.29 is 5.11 Å². The first-order valence-corrected chi connectivity index (χ1v) is 8.75. The standard InChI is InChI=1S/C20H30O/c1-2-3-4-5-10-15-19(18-13-8-6-9-14-18)20(21)16-11-7-12-17-20/h6,8-9,13-15,21H,2-5,7,10-12,16-17H2,1H3/b19-15+. The summed E-state index contributed by atoms with van der Waals surface area (Å²) in [6.07, 6.45) is 13.9. The van der Waals surface area contributed by atoms with Crippen LogP contribution in [-0.4, -0.2) is 10.7 Å². The average Bonchev–Trinajstić information content (AvgIpc) is 2.52. The van der Waals surface area contributed by atoms with Gasteiger partial charge in [-0.25, -0.2) is 0 Å². The van der Waals surface area contributed by atoms with Crippen LogP contribution >= 0.6 is 0 Å². The highest BCUT2D eigenvalue weighted by atomic mass is 16.3. The number of aliphatic hydroxyl groups is 1. The minimum atomic E-state index is -0.593. The van der Waals surface area contributed by atoms with E-state index >= 15 is 0 Å². The lowest BCUT2D eigenvalue weighted by molar-refractivity contribution is 0.0612. The highest BCUT2D eigenvalue weighted by Gasteiger charge is 2.33. The van der Waals surface area contributed by atoms with Crippen molar-refractivity contribution in [3.8, 4) is 0 Å². The lowest BCUT2D eigenvalue weighted by Gasteiger charge is -2.35. The molecule has 2 rings (SSSR count). The van der Waals surface area contributed by atoms with E-state index in [0.717, 1.165) is 32.1 Å². The van der Waals surface area contributed by atoms with Gasteiger partial charge in [0.05, 0.1) is 5.60 Å². The zero-order valence-corrected chi connectivity index (χ0v) is 13.5. The molecule has 0 bridgehead atoms. The molecule has 21 heavy (non-hydrogen) atoms. The minimum Gasteiger partial charge on any atom is -0.385 e. The molecular formula is C20H30O. The first-order valence-electron chi connectivity index (χ1n) is 8.75. The first kappa shape index (κ1) is 16.3. The van der Waals surface area contributed by atoms with E-state index in [1.165, 1.54) is 43.2 Å². The molecule has 1 saturated carbocycles. The topological polar surface area (TPSA) is 20.2 Å². The molecule has 0 radical (unpaired) electrons. The van der Waals surface area contributed by atoms with Crippen molar-refractivity contribution in [2.24, 2.45) is 0 Å². The summed E-state index contributed by atoms with van der Waals surface area (Å²) in [5.74, 6) is 0. The maximum absolute atomic E-state index is 11.1. The third-order valence-corrected chi connectivity index (χ3v) is 4.67. The van der Waals surface area contributed by atoms with Crippen molar-refractivity contribution in [3.63, 3.8) is 0 Å². The quantitative estimate of drug-likeness (QED) is 0.634. The van der Waals surface area contributed by atoms with E-state index in [2.05, 4.69) is 37.3 Å². The van der Waals surface area contributed by atoms with Gasteiger partial charge in [0.1, 0.15) is 0 Å². The van der Waals surface area contributed by atoms with Crippen LogP contribution in [0.3, 0.4) is 0 Å².